The zero-order valence-corrected chi connectivity index (χ0v) is 19.0. The molecule has 3 N–H and O–H groups in total. The third-order valence-electron chi connectivity index (χ3n) is 5.33. The van der Waals surface area contributed by atoms with E-state index in [9.17, 15) is 18.0 Å². The molecule has 2 amide bonds. The molecule has 0 atom stereocenters. The highest BCUT2D eigenvalue weighted by molar-refractivity contribution is 7.92. The van der Waals surface area contributed by atoms with Gasteiger partial charge in [0.2, 0.25) is 5.91 Å². The quantitative estimate of drug-likeness (QED) is 0.468. The smallest absolute Gasteiger partial charge is 0.261 e. The summed E-state index contributed by atoms with van der Waals surface area (Å²) in [4.78, 5) is 24.4. The van der Waals surface area contributed by atoms with Crippen LogP contribution in [0.3, 0.4) is 0 Å². The molecule has 7 nitrogen and oxygen atoms in total. The molecule has 0 radical (unpaired) electrons. The fraction of sp³-hybridized carbons (Fsp3) is 0.200. The molecule has 3 aromatic rings. The van der Waals surface area contributed by atoms with Crippen LogP contribution >= 0.6 is 0 Å². The lowest BCUT2D eigenvalue weighted by atomic mass is 10.1. The first-order valence-electron chi connectivity index (χ1n) is 10.7. The lowest BCUT2D eigenvalue weighted by Gasteiger charge is -2.10. The number of sulfonamides is 1. The molecule has 170 valence electrons. The van der Waals surface area contributed by atoms with E-state index in [4.69, 9.17) is 0 Å². The highest BCUT2D eigenvalue weighted by atomic mass is 32.2. The predicted molar refractivity (Wildman–Crippen MR) is 127 cm³/mol. The van der Waals surface area contributed by atoms with Crippen molar-refractivity contribution in [2.24, 2.45) is 5.92 Å². The van der Waals surface area contributed by atoms with Crippen LogP contribution in [0.2, 0.25) is 0 Å². The molecule has 0 spiro atoms. The Morgan fingerprint density at radius 3 is 2.24 bits per heavy atom. The first kappa shape index (κ1) is 22.5. The van der Waals surface area contributed by atoms with Crippen molar-refractivity contribution in [2.75, 3.05) is 10.0 Å². The first-order valence-corrected chi connectivity index (χ1v) is 12.2. The number of rotatable bonds is 8. The molecule has 4 rings (SSSR count). The minimum atomic E-state index is -3.83. The van der Waals surface area contributed by atoms with Gasteiger partial charge >= 0.3 is 0 Å². The first-order chi connectivity index (χ1) is 15.8. The standard InChI is InChI=1S/C25H25N3O4S/c1-17-5-11-22(12-6-17)28-33(31,32)23-4-2-3-20(15-23)24(29)26-16-18-7-13-21(14-8-18)27-25(30)19-9-10-19/h2-8,11-15,19,28H,9-10,16H2,1H3,(H,26,29)(H,27,30). The van der Waals surface area contributed by atoms with E-state index in [2.05, 4.69) is 15.4 Å². The SMILES string of the molecule is Cc1ccc(NS(=O)(=O)c2cccc(C(=O)NCc3ccc(NC(=O)C4CC4)cc3)c2)cc1. The predicted octanol–water partition coefficient (Wildman–Crippen LogP) is 4.07. The van der Waals surface area contributed by atoms with Gasteiger partial charge in [-0.2, -0.15) is 0 Å². The molecule has 0 saturated heterocycles. The Morgan fingerprint density at radius 1 is 0.909 bits per heavy atom. The number of aryl methyl sites for hydroxylation is 1. The van der Waals surface area contributed by atoms with E-state index in [0.29, 0.717) is 5.69 Å². The Hall–Kier alpha value is -3.65. The fourth-order valence-corrected chi connectivity index (χ4v) is 4.32. The Morgan fingerprint density at radius 2 is 1.58 bits per heavy atom. The van der Waals surface area contributed by atoms with Gasteiger partial charge in [-0.1, -0.05) is 35.9 Å². The molecule has 0 aliphatic heterocycles. The summed E-state index contributed by atoms with van der Waals surface area (Å²) >= 11 is 0. The van der Waals surface area contributed by atoms with E-state index in [0.717, 1.165) is 29.7 Å². The number of amides is 2. The van der Waals surface area contributed by atoms with Crippen molar-refractivity contribution >= 4 is 33.2 Å². The van der Waals surface area contributed by atoms with Crippen molar-refractivity contribution in [3.63, 3.8) is 0 Å². The van der Waals surface area contributed by atoms with Gasteiger partial charge in [0.05, 0.1) is 4.90 Å². The van der Waals surface area contributed by atoms with E-state index in [1.807, 2.05) is 31.2 Å². The second-order valence-electron chi connectivity index (χ2n) is 8.14. The van der Waals surface area contributed by atoms with Crippen molar-refractivity contribution in [2.45, 2.75) is 31.2 Å². The van der Waals surface area contributed by atoms with E-state index >= 15 is 0 Å². The molecule has 33 heavy (non-hydrogen) atoms. The number of hydrogen-bond donors (Lipinski definition) is 3. The van der Waals surface area contributed by atoms with Crippen LogP contribution in [0.5, 0.6) is 0 Å². The Bertz CT molecular complexity index is 1270. The largest absolute Gasteiger partial charge is 0.348 e. The normalized spacial score (nSPS) is 13.2. The molecule has 0 heterocycles. The maximum atomic E-state index is 12.7. The van der Waals surface area contributed by atoms with Crippen molar-refractivity contribution in [1.82, 2.24) is 5.32 Å². The lowest BCUT2D eigenvalue weighted by molar-refractivity contribution is -0.117. The zero-order chi connectivity index (χ0) is 23.4. The maximum Gasteiger partial charge on any atom is 0.261 e. The molecule has 3 aromatic carbocycles. The number of carbonyl (C=O) groups excluding carboxylic acids is 2. The summed E-state index contributed by atoms with van der Waals surface area (Å²) < 4.78 is 28.0. The van der Waals surface area contributed by atoms with Gasteiger partial charge in [0.15, 0.2) is 0 Å². The summed E-state index contributed by atoms with van der Waals surface area (Å²) in [6, 6.07) is 20.2. The van der Waals surface area contributed by atoms with Crippen LogP contribution in [0.1, 0.15) is 34.3 Å². The van der Waals surface area contributed by atoms with E-state index < -0.39 is 10.0 Å². The minimum absolute atomic E-state index is 0.00600. The van der Waals surface area contributed by atoms with Gasteiger partial charge in [-0.25, -0.2) is 8.42 Å². The van der Waals surface area contributed by atoms with Gasteiger partial charge < -0.3 is 10.6 Å². The van der Waals surface area contributed by atoms with Crippen LogP contribution in [0.15, 0.2) is 77.7 Å². The molecule has 1 fully saturated rings. The van der Waals surface area contributed by atoms with Gasteiger partial charge in [-0.15, -0.1) is 0 Å². The molecule has 0 bridgehead atoms. The fourth-order valence-electron chi connectivity index (χ4n) is 3.22. The molecule has 0 unspecified atom stereocenters. The Balaban J connectivity index is 1.37. The van der Waals surface area contributed by atoms with Crippen LogP contribution < -0.4 is 15.4 Å². The summed E-state index contributed by atoms with van der Waals surface area (Å²) in [5.74, 6) is -0.202. The van der Waals surface area contributed by atoms with Crippen molar-refractivity contribution < 1.29 is 18.0 Å². The average molecular weight is 464 g/mol. The van der Waals surface area contributed by atoms with Crippen LogP contribution in [0.25, 0.3) is 0 Å². The number of nitrogens with one attached hydrogen (secondary N) is 3. The summed E-state index contributed by atoms with van der Waals surface area (Å²) in [5.41, 5.74) is 3.30. The summed E-state index contributed by atoms with van der Waals surface area (Å²) in [6.45, 7) is 2.19. The number of hydrogen-bond acceptors (Lipinski definition) is 4. The van der Waals surface area contributed by atoms with Crippen molar-refractivity contribution in [3.8, 4) is 0 Å². The van der Waals surface area contributed by atoms with Gasteiger partial charge in [0, 0.05) is 29.4 Å². The highest BCUT2D eigenvalue weighted by Gasteiger charge is 2.29. The lowest BCUT2D eigenvalue weighted by Crippen LogP contribution is -2.23. The Kier molecular flexibility index (Phi) is 6.46. The molecule has 1 aliphatic rings. The molecule has 0 aromatic heterocycles. The Labute approximate surface area is 193 Å². The van der Waals surface area contributed by atoms with Crippen molar-refractivity contribution in [1.29, 1.82) is 0 Å². The van der Waals surface area contributed by atoms with Gasteiger partial charge in [0.25, 0.3) is 15.9 Å². The maximum absolute atomic E-state index is 12.7. The van der Waals surface area contributed by atoms with E-state index in [-0.39, 0.29) is 34.7 Å². The third-order valence-corrected chi connectivity index (χ3v) is 6.71. The van der Waals surface area contributed by atoms with Crippen molar-refractivity contribution in [3.05, 3.63) is 89.5 Å². The van der Waals surface area contributed by atoms with Gasteiger partial charge in [-0.3, -0.25) is 14.3 Å². The summed E-state index contributed by atoms with van der Waals surface area (Å²) in [5, 5.41) is 5.67. The number of anilines is 2. The van der Waals surface area contributed by atoms with Crippen LogP contribution in [0.4, 0.5) is 11.4 Å². The highest BCUT2D eigenvalue weighted by Crippen LogP contribution is 2.30. The second-order valence-corrected chi connectivity index (χ2v) is 9.82. The minimum Gasteiger partial charge on any atom is -0.348 e. The monoisotopic (exact) mass is 463 g/mol. The topological polar surface area (TPSA) is 104 Å². The summed E-state index contributed by atoms with van der Waals surface area (Å²) in [6.07, 6.45) is 1.89. The number of carbonyl (C=O) groups is 2. The van der Waals surface area contributed by atoms with E-state index in [1.165, 1.54) is 18.2 Å². The zero-order valence-electron chi connectivity index (χ0n) is 18.2. The number of benzene rings is 3. The van der Waals surface area contributed by atoms with Gasteiger partial charge in [0.1, 0.15) is 0 Å². The molecule has 1 saturated carbocycles. The summed E-state index contributed by atoms with van der Waals surface area (Å²) in [7, 11) is -3.83. The molecular weight excluding hydrogens is 438 g/mol. The second kappa shape index (κ2) is 9.46. The molecule has 1 aliphatic carbocycles. The van der Waals surface area contributed by atoms with Gasteiger partial charge in [-0.05, 0) is 67.8 Å². The molecular formula is C25H25N3O4S. The van der Waals surface area contributed by atoms with E-state index in [1.54, 1.807) is 30.3 Å². The third kappa shape index (κ3) is 5.98. The molecule has 8 heteroatoms. The van der Waals surface area contributed by atoms with Crippen LogP contribution in [-0.2, 0) is 21.4 Å². The average Bonchev–Trinajstić information content (AvgIpc) is 3.66. The van der Waals surface area contributed by atoms with Crippen LogP contribution in [0, 0.1) is 12.8 Å². The van der Waals surface area contributed by atoms with Crippen LogP contribution in [-0.4, -0.2) is 20.2 Å².